The van der Waals surface area contributed by atoms with E-state index in [9.17, 15) is 4.79 Å². The first-order valence-corrected chi connectivity index (χ1v) is 8.54. The fraction of sp³-hybridized carbons (Fsp3) is 0.350. The number of ether oxygens (including phenoxy) is 1. The standard InChI is InChI=1S/C20H24N2O2/c1-2-16-5-9-19(10-6-16)21-20(23)18-7-3-17(4-8-18)15-22-11-13-24-14-12-22/h3-10H,2,11-15H2,1H3,(H,21,23). The van der Waals surface area contributed by atoms with Crippen LogP contribution in [0.15, 0.2) is 48.5 Å². The molecule has 0 unspecified atom stereocenters. The van der Waals surface area contributed by atoms with E-state index in [1.807, 2.05) is 48.5 Å². The topological polar surface area (TPSA) is 41.6 Å². The monoisotopic (exact) mass is 324 g/mol. The fourth-order valence-electron chi connectivity index (χ4n) is 2.81. The van der Waals surface area contributed by atoms with Gasteiger partial charge in [-0.25, -0.2) is 0 Å². The van der Waals surface area contributed by atoms with Gasteiger partial charge in [-0.15, -0.1) is 0 Å². The first-order valence-electron chi connectivity index (χ1n) is 8.54. The zero-order valence-corrected chi connectivity index (χ0v) is 14.1. The molecule has 1 N–H and O–H groups in total. The highest BCUT2D eigenvalue weighted by Crippen LogP contribution is 2.13. The number of anilines is 1. The second-order valence-corrected chi connectivity index (χ2v) is 6.09. The van der Waals surface area contributed by atoms with Crippen LogP contribution in [-0.4, -0.2) is 37.1 Å². The summed E-state index contributed by atoms with van der Waals surface area (Å²) in [5.41, 5.74) is 4.00. The summed E-state index contributed by atoms with van der Waals surface area (Å²) in [7, 11) is 0. The Kier molecular flexibility index (Phi) is 5.62. The number of carbonyl (C=O) groups is 1. The van der Waals surface area contributed by atoms with Gasteiger partial charge < -0.3 is 10.1 Å². The summed E-state index contributed by atoms with van der Waals surface area (Å²) in [5.74, 6) is -0.0721. The van der Waals surface area contributed by atoms with Crippen LogP contribution in [0, 0.1) is 0 Å². The highest BCUT2D eigenvalue weighted by molar-refractivity contribution is 6.04. The molecule has 2 aromatic carbocycles. The molecular formula is C20H24N2O2. The fourth-order valence-corrected chi connectivity index (χ4v) is 2.81. The van der Waals surface area contributed by atoms with Gasteiger partial charge in [0.25, 0.3) is 5.91 Å². The molecule has 0 saturated carbocycles. The van der Waals surface area contributed by atoms with Crippen LogP contribution in [-0.2, 0) is 17.7 Å². The summed E-state index contributed by atoms with van der Waals surface area (Å²) < 4.78 is 5.36. The van der Waals surface area contributed by atoms with E-state index in [4.69, 9.17) is 4.74 Å². The van der Waals surface area contributed by atoms with E-state index >= 15 is 0 Å². The molecule has 1 heterocycles. The van der Waals surface area contributed by atoms with Crippen molar-refractivity contribution in [2.24, 2.45) is 0 Å². The number of amides is 1. The van der Waals surface area contributed by atoms with Crippen molar-refractivity contribution in [3.8, 4) is 0 Å². The van der Waals surface area contributed by atoms with Crippen LogP contribution in [0.3, 0.4) is 0 Å². The van der Waals surface area contributed by atoms with Gasteiger partial charge in [0.2, 0.25) is 0 Å². The molecule has 1 saturated heterocycles. The third-order valence-electron chi connectivity index (χ3n) is 4.35. The molecule has 1 fully saturated rings. The van der Waals surface area contributed by atoms with E-state index < -0.39 is 0 Å². The van der Waals surface area contributed by atoms with Crippen molar-refractivity contribution in [2.45, 2.75) is 19.9 Å². The molecule has 2 aromatic rings. The average Bonchev–Trinajstić information content (AvgIpc) is 2.64. The smallest absolute Gasteiger partial charge is 0.255 e. The zero-order chi connectivity index (χ0) is 16.8. The molecule has 0 aromatic heterocycles. The Morgan fingerprint density at radius 1 is 1.00 bits per heavy atom. The Balaban J connectivity index is 1.58. The predicted molar refractivity (Wildman–Crippen MR) is 96.3 cm³/mol. The number of rotatable bonds is 5. The lowest BCUT2D eigenvalue weighted by Crippen LogP contribution is -2.35. The Bertz CT molecular complexity index is 659. The van der Waals surface area contributed by atoms with E-state index in [1.54, 1.807) is 0 Å². The number of carbonyl (C=O) groups excluding carboxylic acids is 1. The van der Waals surface area contributed by atoms with Crippen molar-refractivity contribution in [1.82, 2.24) is 4.90 Å². The summed E-state index contributed by atoms with van der Waals surface area (Å²) in [5, 5.41) is 2.94. The minimum atomic E-state index is -0.0721. The van der Waals surface area contributed by atoms with E-state index in [0.717, 1.165) is 45.0 Å². The third kappa shape index (κ3) is 4.43. The molecule has 4 heteroatoms. The third-order valence-corrected chi connectivity index (χ3v) is 4.35. The van der Waals surface area contributed by atoms with Gasteiger partial charge in [-0.3, -0.25) is 9.69 Å². The molecule has 1 aliphatic rings. The minimum absolute atomic E-state index is 0.0721. The molecular weight excluding hydrogens is 300 g/mol. The molecule has 1 amide bonds. The molecule has 1 aliphatic heterocycles. The van der Waals surface area contributed by atoms with Crippen molar-refractivity contribution in [1.29, 1.82) is 0 Å². The van der Waals surface area contributed by atoms with Crippen molar-refractivity contribution >= 4 is 11.6 Å². The van der Waals surface area contributed by atoms with Crippen LogP contribution in [0.4, 0.5) is 5.69 Å². The normalized spacial score (nSPS) is 15.2. The molecule has 0 atom stereocenters. The van der Waals surface area contributed by atoms with Gasteiger partial charge in [-0.1, -0.05) is 31.2 Å². The maximum Gasteiger partial charge on any atom is 0.255 e. The van der Waals surface area contributed by atoms with E-state index in [-0.39, 0.29) is 5.91 Å². The number of benzene rings is 2. The summed E-state index contributed by atoms with van der Waals surface area (Å²) in [6.07, 6.45) is 0.999. The lowest BCUT2D eigenvalue weighted by molar-refractivity contribution is 0.0342. The van der Waals surface area contributed by atoms with Gasteiger partial charge in [0, 0.05) is 30.9 Å². The van der Waals surface area contributed by atoms with Crippen LogP contribution in [0.2, 0.25) is 0 Å². The average molecular weight is 324 g/mol. The molecule has 0 aliphatic carbocycles. The van der Waals surface area contributed by atoms with Crippen LogP contribution in [0.1, 0.15) is 28.4 Å². The van der Waals surface area contributed by atoms with Crippen LogP contribution in [0.25, 0.3) is 0 Å². The summed E-state index contributed by atoms with van der Waals surface area (Å²) in [4.78, 5) is 14.7. The van der Waals surface area contributed by atoms with E-state index in [2.05, 4.69) is 17.1 Å². The first kappa shape index (κ1) is 16.7. The number of hydrogen-bond donors (Lipinski definition) is 1. The minimum Gasteiger partial charge on any atom is -0.379 e. The molecule has 3 rings (SSSR count). The molecule has 0 spiro atoms. The Hall–Kier alpha value is -2.17. The van der Waals surface area contributed by atoms with Gasteiger partial charge in [0.05, 0.1) is 13.2 Å². The van der Waals surface area contributed by atoms with Gasteiger partial charge in [-0.2, -0.15) is 0 Å². The molecule has 126 valence electrons. The lowest BCUT2D eigenvalue weighted by atomic mass is 10.1. The number of nitrogens with one attached hydrogen (secondary N) is 1. The van der Waals surface area contributed by atoms with E-state index in [0.29, 0.717) is 5.56 Å². The van der Waals surface area contributed by atoms with Gasteiger partial charge in [0.15, 0.2) is 0 Å². The number of aryl methyl sites for hydroxylation is 1. The van der Waals surface area contributed by atoms with Gasteiger partial charge in [0.1, 0.15) is 0 Å². The summed E-state index contributed by atoms with van der Waals surface area (Å²) >= 11 is 0. The highest BCUT2D eigenvalue weighted by atomic mass is 16.5. The van der Waals surface area contributed by atoms with Crippen LogP contribution < -0.4 is 5.32 Å². The largest absolute Gasteiger partial charge is 0.379 e. The van der Waals surface area contributed by atoms with Crippen LogP contribution in [0.5, 0.6) is 0 Å². The second-order valence-electron chi connectivity index (χ2n) is 6.09. The van der Waals surface area contributed by atoms with Crippen molar-refractivity contribution in [2.75, 3.05) is 31.6 Å². The Labute approximate surface area is 143 Å². The van der Waals surface area contributed by atoms with Gasteiger partial charge >= 0.3 is 0 Å². The number of morpholine rings is 1. The first-order chi connectivity index (χ1) is 11.7. The molecule has 0 bridgehead atoms. The SMILES string of the molecule is CCc1ccc(NC(=O)c2ccc(CN3CCOCC3)cc2)cc1. The maximum atomic E-state index is 12.3. The summed E-state index contributed by atoms with van der Waals surface area (Å²) in [6, 6.07) is 15.8. The Morgan fingerprint density at radius 3 is 2.25 bits per heavy atom. The summed E-state index contributed by atoms with van der Waals surface area (Å²) in [6.45, 7) is 6.57. The molecule has 4 nitrogen and oxygen atoms in total. The zero-order valence-electron chi connectivity index (χ0n) is 14.1. The maximum absolute atomic E-state index is 12.3. The van der Waals surface area contributed by atoms with Crippen molar-refractivity contribution in [3.63, 3.8) is 0 Å². The Morgan fingerprint density at radius 2 is 1.62 bits per heavy atom. The molecule has 24 heavy (non-hydrogen) atoms. The van der Waals surface area contributed by atoms with Crippen LogP contribution >= 0.6 is 0 Å². The lowest BCUT2D eigenvalue weighted by Gasteiger charge is -2.26. The second kappa shape index (κ2) is 8.08. The number of hydrogen-bond acceptors (Lipinski definition) is 3. The predicted octanol–water partition coefficient (Wildman–Crippen LogP) is 3.33. The van der Waals surface area contributed by atoms with Crippen molar-refractivity contribution < 1.29 is 9.53 Å². The highest BCUT2D eigenvalue weighted by Gasteiger charge is 2.11. The van der Waals surface area contributed by atoms with Gasteiger partial charge in [-0.05, 0) is 41.8 Å². The van der Waals surface area contributed by atoms with E-state index in [1.165, 1.54) is 11.1 Å². The molecule has 0 radical (unpaired) electrons. The van der Waals surface area contributed by atoms with Crippen molar-refractivity contribution in [3.05, 3.63) is 65.2 Å². The number of nitrogens with zero attached hydrogens (tertiary/aromatic N) is 1. The quantitative estimate of drug-likeness (QED) is 0.917.